The Hall–Kier alpha value is -1.69. The summed E-state index contributed by atoms with van der Waals surface area (Å²) in [5, 5.41) is 6.87. The van der Waals surface area contributed by atoms with Gasteiger partial charge >= 0.3 is 0 Å². The molecule has 2 rings (SSSR count). The average molecular weight is 337 g/mol. The first kappa shape index (κ1) is 17.7. The summed E-state index contributed by atoms with van der Waals surface area (Å²) >= 11 is 5.43. The maximum absolute atomic E-state index is 12.8. The van der Waals surface area contributed by atoms with E-state index in [4.69, 9.17) is 12.2 Å². The summed E-state index contributed by atoms with van der Waals surface area (Å²) in [5.41, 5.74) is 0.633. The largest absolute Gasteiger partial charge is 0.358 e. The highest BCUT2D eigenvalue weighted by Gasteiger charge is 2.32. The van der Waals surface area contributed by atoms with Crippen molar-refractivity contribution in [1.82, 2.24) is 10.2 Å². The summed E-state index contributed by atoms with van der Waals surface area (Å²) in [5.74, 6) is -0.383. The molecule has 1 aliphatic rings. The molecular weight excluding hydrogens is 313 g/mol. The summed E-state index contributed by atoms with van der Waals surface area (Å²) < 4.78 is 12.8. The molecule has 0 unspecified atom stereocenters. The van der Waals surface area contributed by atoms with Gasteiger partial charge in [-0.1, -0.05) is 0 Å². The number of carbonyl (C=O) groups excluding carboxylic acids is 1. The van der Waals surface area contributed by atoms with E-state index < -0.39 is 0 Å². The lowest BCUT2D eigenvalue weighted by atomic mass is 9.93. The zero-order chi connectivity index (χ0) is 17.0. The minimum atomic E-state index is -0.314. The number of nitrogens with one attached hydrogen (secondary N) is 2. The van der Waals surface area contributed by atoms with Crippen molar-refractivity contribution in [1.29, 1.82) is 0 Å². The van der Waals surface area contributed by atoms with Crippen LogP contribution in [0.1, 0.15) is 40.0 Å². The number of amides is 1. The zero-order valence-electron chi connectivity index (χ0n) is 13.9. The van der Waals surface area contributed by atoms with Crippen molar-refractivity contribution in [3.8, 4) is 0 Å². The van der Waals surface area contributed by atoms with Crippen LogP contribution in [0.3, 0.4) is 0 Å². The maximum Gasteiger partial charge on any atom is 0.224 e. The highest BCUT2D eigenvalue weighted by Crippen LogP contribution is 2.22. The molecule has 0 aliphatic carbocycles. The molecule has 2 N–H and O–H groups in total. The van der Waals surface area contributed by atoms with Crippen LogP contribution >= 0.6 is 12.2 Å². The normalized spacial score (nSPS) is 20.1. The van der Waals surface area contributed by atoms with Crippen molar-refractivity contribution in [3.05, 3.63) is 30.1 Å². The van der Waals surface area contributed by atoms with Gasteiger partial charge in [0.1, 0.15) is 5.82 Å². The van der Waals surface area contributed by atoms with E-state index in [1.807, 2.05) is 0 Å². The summed E-state index contributed by atoms with van der Waals surface area (Å²) in [4.78, 5) is 14.1. The van der Waals surface area contributed by atoms with E-state index in [9.17, 15) is 9.18 Å². The smallest absolute Gasteiger partial charge is 0.224 e. The third kappa shape index (κ3) is 5.16. The van der Waals surface area contributed by atoms with E-state index >= 15 is 0 Å². The van der Waals surface area contributed by atoms with Gasteiger partial charge in [0.2, 0.25) is 5.91 Å². The Kier molecular flexibility index (Phi) is 5.57. The van der Waals surface area contributed by atoms with Crippen LogP contribution in [0.15, 0.2) is 24.3 Å². The van der Waals surface area contributed by atoms with Crippen LogP contribution in [0.25, 0.3) is 0 Å². The van der Waals surface area contributed by atoms with Gasteiger partial charge in [-0.2, -0.15) is 0 Å². The summed E-state index contributed by atoms with van der Waals surface area (Å²) in [7, 11) is 0. The van der Waals surface area contributed by atoms with E-state index in [1.54, 1.807) is 12.1 Å². The van der Waals surface area contributed by atoms with Crippen LogP contribution in [0.2, 0.25) is 0 Å². The minimum Gasteiger partial charge on any atom is -0.358 e. The van der Waals surface area contributed by atoms with Crippen molar-refractivity contribution >= 4 is 28.9 Å². The number of thiocarbonyl (C=S) groups is 1. The van der Waals surface area contributed by atoms with Crippen molar-refractivity contribution < 1.29 is 9.18 Å². The first-order chi connectivity index (χ1) is 10.8. The molecule has 1 aliphatic heterocycles. The second kappa shape index (κ2) is 7.25. The monoisotopic (exact) mass is 337 g/mol. The lowest BCUT2D eigenvalue weighted by Crippen LogP contribution is -2.60. The van der Waals surface area contributed by atoms with E-state index in [2.05, 4.69) is 36.3 Å². The molecule has 6 heteroatoms. The Morgan fingerprint density at radius 2 is 2.09 bits per heavy atom. The molecule has 0 saturated carbocycles. The zero-order valence-corrected chi connectivity index (χ0v) is 14.7. The lowest BCUT2D eigenvalue weighted by Gasteiger charge is -2.44. The number of carbonyl (C=O) groups is 1. The number of rotatable bonds is 5. The topological polar surface area (TPSA) is 44.4 Å². The number of benzene rings is 1. The predicted octanol–water partition coefficient (Wildman–Crippen LogP) is 3.29. The van der Waals surface area contributed by atoms with Crippen molar-refractivity contribution in [2.75, 3.05) is 11.9 Å². The van der Waals surface area contributed by atoms with E-state index in [-0.39, 0.29) is 17.3 Å². The van der Waals surface area contributed by atoms with Gasteiger partial charge in [0.15, 0.2) is 5.11 Å². The summed E-state index contributed by atoms with van der Waals surface area (Å²) in [6.45, 7) is 7.19. The average Bonchev–Trinajstić information content (AvgIpc) is 2.43. The Morgan fingerprint density at radius 1 is 1.43 bits per heavy atom. The molecule has 0 radical (unpaired) electrons. The van der Waals surface area contributed by atoms with Gasteiger partial charge in [-0.25, -0.2) is 4.39 Å². The second-order valence-corrected chi connectivity index (χ2v) is 7.11. The van der Waals surface area contributed by atoms with Gasteiger partial charge in [-0.3, -0.25) is 4.79 Å². The van der Waals surface area contributed by atoms with Crippen LogP contribution in [-0.2, 0) is 4.79 Å². The third-order valence-corrected chi connectivity index (χ3v) is 4.31. The van der Waals surface area contributed by atoms with Crippen LogP contribution in [-0.4, -0.2) is 34.0 Å². The quantitative estimate of drug-likeness (QED) is 0.809. The molecule has 1 heterocycles. The van der Waals surface area contributed by atoms with Gasteiger partial charge in [0, 0.05) is 30.2 Å². The molecule has 1 amide bonds. The predicted molar refractivity (Wildman–Crippen MR) is 94.9 cm³/mol. The molecule has 4 nitrogen and oxygen atoms in total. The van der Waals surface area contributed by atoms with Crippen molar-refractivity contribution in [3.63, 3.8) is 0 Å². The molecule has 23 heavy (non-hydrogen) atoms. The maximum atomic E-state index is 12.8. The third-order valence-electron chi connectivity index (χ3n) is 3.97. The Labute approximate surface area is 142 Å². The summed E-state index contributed by atoms with van der Waals surface area (Å²) in [6.07, 6.45) is 2.14. The van der Waals surface area contributed by atoms with Crippen LogP contribution < -0.4 is 10.6 Å². The lowest BCUT2D eigenvalue weighted by molar-refractivity contribution is -0.116. The fourth-order valence-corrected chi connectivity index (χ4v) is 3.50. The summed E-state index contributed by atoms with van der Waals surface area (Å²) in [6, 6.07) is 6.13. The molecule has 1 saturated heterocycles. The highest BCUT2D eigenvalue weighted by atomic mass is 32.1. The van der Waals surface area contributed by atoms with E-state index in [0.29, 0.717) is 18.2 Å². The minimum absolute atomic E-state index is 0.0208. The number of hydrogen-bond acceptors (Lipinski definition) is 2. The second-order valence-electron chi connectivity index (χ2n) is 6.72. The molecule has 126 valence electrons. The molecule has 0 spiro atoms. The van der Waals surface area contributed by atoms with Gasteiger partial charge in [-0.05, 0) is 70.1 Å². The van der Waals surface area contributed by atoms with Gasteiger partial charge in [-0.15, -0.1) is 0 Å². The molecule has 1 aromatic carbocycles. The van der Waals surface area contributed by atoms with E-state index in [1.165, 1.54) is 12.1 Å². The van der Waals surface area contributed by atoms with E-state index in [0.717, 1.165) is 24.5 Å². The van der Waals surface area contributed by atoms with Crippen LogP contribution in [0, 0.1) is 5.82 Å². The number of nitrogens with zero attached hydrogens (tertiary/aromatic N) is 1. The Balaban J connectivity index is 1.77. The van der Waals surface area contributed by atoms with Gasteiger partial charge in [0.05, 0.1) is 0 Å². The molecule has 1 atom stereocenters. The molecular formula is C17H24FN3OS. The first-order valence-corrected chi connectivity index (χ1v) is 8.32. The fourth-order valence-electron chi connectivity index (χ4n) is 2.95. The standard InChI is InChI=1S/C17H24FN3OS/c1-12-11-17(2,3)20-16(23)21(12)10-4-5-15(22)19-14-8-6-13(18)7-9-14/h6-9,12H,4-5,10-11H2,1-3H3,(H,19,22)(H,20,23)/t12-/m1/s1. The molecule has 0 bridgehead atoms. The van der Waals surface area contributed by atoms with Crippen LogP contribution in [0.4, 0.5) is 10.1 Å². The Bertz CT molecular complexity index is 574. The van der Waals surface area contributed by atoms with Crippen molar-refractivity contribution in [2.45, 2.75) is 51.6 Å². The molecule has 0 aromatic heterocycles. The number of anilines is 1. The number of hydrogen-bond donors (Lipinski definition) is 2. The Morgan fingerprint density at radius 3 is 2.70 bits per heavy atom. The first-order valence-electron chi connectivity index (χ1n) is 7.91. The fraction of sp³-hybridized carbons (Fsp3) is 0.529. The molecule has 1 fully saturated rings. The van der Waals surface area contributed by atoms with Crippen LogP contribution in [0.5, 0.6) is 0 Å². The SMILES string of the molecule is C[C@@H]1CC(C)(C)NC(=S)N1CCCC(=O)Nc1ccc(F)cc1. The molecule has 1 aromatic rings. The van der Waals surface area contributed by atoms with Gasteiger partial charge < -0.3 is 15.5 Å². The highest BCUT2D eigenvalue weighted by molar-refractivity contribution is 7.80. The van der Waals surface area contributed by atoms with Crippen molar-refractivity contribution in [2.24, 2.45) is 0 Å². The number of halogens is 1. The van der Waals surface area contributed by atoms with Gasteiger partial charge in [0.25, 0.3) is 0 Å².